The number of rotatable bonds is 7. The summed E-state index contributed by atoms with van der Waals surface area (Å²) >= 11 is 0. The molecule has 0 radical (unpaired) electrons. The number of hydrogen-bond acceptors (Lipinski definition) is 5. The molecule has 0 fully saturated rings. The van der Waals surface area contributed by atoms with Crippen LogP contribution in [-0.2, 0) is 26.6 Å². The van der Waals surface area contributed by atoms with Crippen LogP contribution in [0.2, 0.25) is 0 Å². The number of sulfonamides is 2. The van der Waals surface area contributed by atoms with Crippen LogP contribution in [0.1, 0.15) is 16.9 Å². The third-order valence-electron chi connectivity index (χ3n) is 4.20. The molecule has 1 heterocycles. The van der Waals surface area contributed by atoms with E-state index in [0.717, 1.165) is 11.1 Å². The molecule has 0 aliphatic rings. The molecule has 148 valence electrons. The monoisotopic (exact) mass is 420 g/mol. The molecule has 0 aliphatic carbocycles. The lowest BCUT2D eigenvalue weighted by atomic mass is 10.1. The van der Waals surface area contributed by atoms with Gasteiger partial charge in [-0.15, -0.1) is 0 Å². The van der Waals surface area contributed by atoms with Gasteiger partial charge in [0, 0.05) is 0 Å². The van der Waals surface area contributed by atoms with E-state index < -0.39 is 20.0 Å². The van der Waals surface area contributed by atoms with Crippen LogP contribution in [0.5, 0.6) is 0 Å². The van der Waals surface area contributed by atoms with Crippen LogP contribution in [0.3, 0.4) is 0 Å². The second-order valence-electron chi connectivity index (χ2n) is 6.28. The lowest BCUT2D eigenvalue weighted by molar-refractivity contribution is 0.498. The predicted octanol–water partition coefficient (Wildman–Crippen LogP) is 3.18. The number of anilines is 1. The van der Waals surface area contributed by atoms with Gasteiger partial charge in [0.1, 0.15) is 5.76 Å². The number of nitrogens with one attached hydrogen (secondary N) is 2. The summed E-state index contributed by atoms with van der Waals surface area (Å²) in [4.78, 5) is 0.0548. The van der Waals surface area contributed by atoms with Gasteiger partial charge in [-0.1, -0.05) is 12.1 Å². The van der Waals surface area contributed by atoms with Gasteiger partial charge in [-0.25, -0.2) is 21.6 Å². The van der Waals surface area contributed by atoms with Crippen molar-refractivity contribution >= 4 is 25.7 Å². The fourth-order valence-corrected chi connectivity index (χ4v) is 4.66. The second-order valence-corrected chi connectivity index (χ2v) is 9.73. The number of furan rings is 1. The van der Waals surface area contributed by atoms with Crippen LogP contribution in [0.15, 0.2) is 75.1 Å². The van der Waals surface area contributed by atoms with Crippen molar-refractivity contribution < 1.29 is 21.3 Å². The summed E-state index contributed by atoms with van der Waals surface area (Å²) in [6.45, 7) is 3.71. The van der Waals surface area contributed by atoms with Crippen molar-refractivity contribution in [2.24, 2.45) is 0 Å². The Balaban J connectivity index is 1.81. The fourth-order valence-electron chi connectivity index (χ4n) is 2.48. The summed E-state index contributed by atoms with van der Waals surface area (Å²) in [6.07, 6.45) is 1.45. The van der Waals surface area contributed by atoms with Crippen molar-refractivity contribution in [2.45, 2.75) is 30.2 Å². The Labute approximate surface area is 164 Å². The Morgan fingerprint density at radius 1 is 0.821 bits per heavy atom. The van der Waals surface area contributed by atoms with Crippen molar-refractivity contribution in [3.05, 3.63) is 77.7 Å². The molecule has 0 saturated heterocycles. The van der Waals surface area contributed by atoms with Gasteiger partial charge < -0.3 is 4.42 Å². The van der Waals surface area contributed by atoms with Crippen molar-refractivity contribution in [2.75, 3.05) is 4.72 Å². The van der Waals surface area contributed by atoms with E-state index in [2.05, 4.69) is 9.44 Å². The summed E-state index contributed by atoms with van der Waals surface area (Å²) in [5, 5.41) is 0. The first kappa shape index (κ1) is 20.1. The lowest BCUT2D eigenvalue weighted by Gasteiger charge is -2.11. The number of benzene rings is 2. The standard InChI is InChI=1S/C19H20N2O5S2/c1-14-8-9-19(11-15(14)2)28(24,25)21-16-5-3-7-18(12-16)27(22,23)20-13-17-6-4-10-26-17/h3-12,20-21H,13H2,1-2H3. The molecule has 0 saturated carbocycles. The summed E-state index contributed by atoms with van der Waals surface area (Å²) in [6, 6.07) is 13.7. The van der Waals surface area contributed by atoms with Crippen LogP contribution in [0, 0.1) is 13.8 Å². The second kappa shape index (κ2) is 7.78. The first-order valence-corrected chi connectivity index (χ1v) is 11.4. The summed E-state index contributed by atoms with van der Waals surface area (Å²) in [5.74, 6) is 0.468. The number of hydrogen-bond donors (Lipinski definition) is 2. The van der Waals surface area contributed by atoms with Gasteiger partial charge >= 0.3 is 0 Å². The molecule has 0 aliphatic heterocycles. The topological polar surface area (TPSA) is 105 Å². The fraction of sp³-hybridized carbons (Fsp3) is 0.158. The minimum absolute atomic E-state index is 0.00602. The van der Waals surface area contributed by atoms with E-state index in [1.54, 1.807) is 24.3 Å². The van der Waals surface area contributed by atoms with E-state index in [1.165, 1.54) is 36.6 Å². The lowest BCUT2D eigenvalue weighted by Crippen LogP contribution is -2.23. The van der Waals surface area contributed by atoms with Crippen LogP contribution >= 0.6 is 0 Å². The summed E-state index contributed by atoms with van der Waals surface area (Å²) < 4.78 is 60.1. The SMILES string of the molecule is Cc1ccc(S(=O)(=O)Nc2cccc(S(=O)(=O)NCc3ccco3)c2)cc1C. The maximum atomic E-state index is 12.6. The van der Waals surface area contributed by atoms with Crippen LogP contribution in [-0.4, -0.2) is 16.8 Å². The van der Waals surface area contributed by atoms with Crippen molar-refractivity contribution in [1.82, 2.24) is 4.72 Å². The molecule has 3 aromatic rings. The molecule has 0 bridgehead atoms. The average molecular weight is 421 g/mol. The third kappa shape index (κ3) is 4.61. The van der Waals surface area contributed by atoms with E-state index in [1.807, 2.05) is 13.8 Å². The molecule has 0 spiro atoms. The highest BCUT2D eigenvalue weighted by Crippen LogP contribution is 2.21. The van der Waals surface area contributed by atoms with Gasteiger partial charge in [0.2, 0.25) is 10.0 Å². The van der Waals surface area contributed by atoms with Gasteiger partial charge in [-0.3, -0.25) is 4.72 Å². The molecule has 0 amide bonds. The molecule has 9 heteroatoms. The van der Waals surface area contributed by atoms with Crippen molar-refractivity contribution in [3.63, 3.8) is 0 Å². The minimum Gasteiger partial charge on any atom is -0.468 e. The smallest absolute Gasteiger partial charge is 0.261 e. The Hall–Kier alpha value is -2.62. The molecular formula is C19H20N2O5S2. The first-order chi connectivity index (χ1) is 13.2. The van der Waals surface area contributed by atoms with E-state index in [4.69, 9.17) is 4.42 Å². The Bertz CT molecular complexity index is 1180. The van der Waals surface area contributed by atoms with Crippen molar-refractivity contribution in [1.29, 1.82) is 0 Å². The zero-order valence-corrected chi connectivity index (χ0v) is 17.0. The Morgan fingerprint density at radius 2 is 1.57 bits per heavy atom. The highest BCUT2D eigenvalue weighted by molar-refractivity contribution is 7.92. The van der Waals surface area contributed by atoms with E-state index in [0.29, 0.717) is 5.76 Å². The average Bonchev–Trinajstić information content (AvgIpc) is 3.16. The van der Waals surface area contributed by atoms with Crippen LogP contribution < -0.4 is 9.44 Å². The third-order valence-corrected chi connectivity index (χ3v) is 6.98. The van der Waals surface area contributed by atoms with Gasteiger partial charge in [-0.05, 0) is 67.4 Å². The maximum Gasteiger partial charge on any atom is 0.261 e. The molecule has 0 atom stereocenters. The molecule has 1 aromatic heterocycles. The van der Waals surface area contributed by atoms with Crippen molar-refractivity contribution in [3.8, 4) is 0 Å². The van der Waals surface area contributed by atoms with E-state index in [-0.39, 0.29) is 22.0 Å². The van der Waals surface area contributed by atoms with E-state index >= 15 is 0 Å². The summed E-state index contributed by atoms with van der Waals surface area (Å²) in [7, 11) is -7.68. The zero-order valence-electron chi connectivity index (χ0n) is 15.3. The van der Waals surface area contributed by atoms with E-state index in [9.17, 15) is 16.8 Å². The Morgan fingerprint density at radius 3 is 2.25 bits per heavy atom. The summed E-state index contributed by atoms with van der Waals surface area (Å²) in [5.41, 5.74) is 1.98. The molecule has 7 nitrogen and oxygen atoms in total. The van der Waals surface area contributed by atoms with Crippen LogP contribution in [0.25, 0.3) is 0 Å². The highest BCUT2D eigenvalue weighted by atomic mass is 32.2. The van der Waals surface area contributed by atoms with Crippen LogP contribution in [0.4, 0.5) is 5.69 Å². The molecule has 0 unspecified atom stereocenters. The zero-order chi connectivity index (χ0) is 20.4. The molecule has 2 N–H and O–H groups in total. The van der Waals surface area contributed by atoms with Gasteiger partial charge in [0.15, 0.2) is 0 Å². The van der Waals surface area contributed by atoms with Gasteiger partial charge in [0.05, 0.1) is 28.3 Å². The normalized spacial score (nSPS) is 12.1. The largest absolute Gasteiger partial charge is 0.468 e. The minimum atomic E-state index is -3.84. The quantitative estimate of drug-likeness (QED) is 0.611. The van der Waals surface area contributed by atoms with Gasteiger partial charge in [-0.2, -0.15) is 0 Å². The Kier molecular flexibility index (Phi) is 5.59. The molecular weight excluding hydrogens is 400 g/mol. The predicted molar refractivity (Wildman–Crippen MR) is 106 cm³/mol. The highest BCUT2D eigenvalue weighted by Gasteiger charge is 2.18. The van der Waals surface area contributed by atoms with Gasteiger partial charge in [0.25, 0.3) is 10.0 Å². The number of aryl methyl sites for hydroxylation is 2. The first-order valence-electron chi connectivity index (χ1n) is 8.39. The maximum absolute atomic E-state index is 12.6. The molecule has 28 heavy (non-hydrogen) atoms. The molecule has 3 rings (SSSR count). The molecule has 2 aromatic carbocycles.